The van der Waals surface area contributed by atoms with Crippen LogP contribution >= 0.6 is 0 Å². The minimum Gasteiger partial charge on any atom is -0.493 e. The van der Waals surface area contributed by atoms with Crippen LogP contribution in [0.4, 0.5) is 5.69 Å². The number of ketones is 1. The van der Waals surface area contributed by atoms with Crippen molar-refractivity contribution in [2.75, 3.05) is 19.5 Å². The van der Waals surface area contributed by atoms with Gasteiger partial charge in [0.25, 0.3) is 0 Å². The Morgan fingerprint density at radius 2 is 1.69 bits per heavy atom. The second-order valence-electron chi connectivity index (χ2n) is 7.53. The smallest absolute Gasteiger partial charge is 0.245 e. The fraction of sp³-hybridized carbons (Fsp3) is 0.160. The monoisotopic (exact) mass is 428 g/mol. The Balaban J connectivity index is 1.71. The van der Waals surface area contributed by atoms with Gasteiger partial charge in [0.2, 0.25) is 17.8 Å². The number of nitrogens with zero attached hydrogens (tertiary/aromatic N) is 1. The van der Waals surface area contributed by atoms with Gasteiger partial charge in [0.15, 0.2) is 16.9 Å². The number of para-hydroxylation sites is 1. The van der Waals surface area contributed by atoms with E-state index in [4.69, 9.17) is 14.3 Å². The fourth-order valence-electron chi connectivity index (χ4n) is 4.42. The molecule has 2 atom stereocenters. The van der Waals surface area contributed by atoms with E-state index < -0.39 is 11.5 Å². The van der Waals surface area contributed by atoms with Crippen LogP contribution in [-0.2, 0) is 15.0 Å². The van der Waals surface area contributed by atoms with Crippen LogP contribution in [0, 0.1) is 0 Å². The molecule has 3 aromatic carbocycles. The van der Waals surface area contributed by atoms with Crippen molar-refractivity contribution in [3.05, 3.63) is 89.5 Å². The quantitative estimate of drug-likeness (QED) is 0.628. The Hall–Kier alpha value is -4.13. The summed E-state index contributed by atoms with van der Waals surface area (Å²) in [6.45, 7) is 0. The highest BCUT2D eigenvalue weighted by molar-refractivity contribution is 6.31. The third-order valence-corrected chi connectivity index (χ3v) is 5.93. The van der Waals surface area contributed by atoms with Gasteiger partial charge < -0.3 is 19.6 Å². The number of hydrogen-bond donors (Lipinski definition) is 1. The van der Waals surface area contributed by atoms with Gasteiger partial charge >= 0.3 is 0 Å². The van der Waals surface area contributed by atoms with E-state index in [9.17, 15) is 9.59 Å². The summed E-state index contributed by atoms with van der Waals surface area (Å²) >= 11 is 0. The van der Waals surface area contributed by atoms with E-state index in [1.165, 1.54) is 7.11 Å². The van der Waals surface area contributed by atoms with Gasteiger partial charge in [0.05, 0.1) is 14.2 Å². The molecule has 160 valence electrons. The molecule has 32 heavy (non-hydrogen) atoms. The molecule has 5 rings (SSSR count). The highest BCUT2D eigenvalue weighted by Crippen LogP contribution is 2.48. The number of carbonyl (C=O) groups excluding carboxylic acids is 2. The molecule has 1 spiro atoms. The summed E-state index contributed by atoms with van der Waals surface area (Å²) in [5.74, 6) is 0.334. The summed E-state index contributed by atoms with van der Waals surface area (Å²) in [5.41, 5.74) is 1.21. The number of carbonyl (C=O) groups is 2. The predicted octanol–water partition coefficient (Wildman–Crippen LogP) is 3.58. The third kappa shape index (κ3) is 2.71. The maximum Gasteiger partial charge on any atom is 0.245 e. The van der Waals surface area contributed by atoms with E-state index in [-0.39, 0.29) is 11.7 Å². The highest BCUT2D eigenvalue weighted by Gasteiger charge is 2.64. The van der Waals surface area contributed by atoms with Crippen molar-refractivity contribution in [2.24, 2.45) is 5.16 Å². The molecular formula is C25H20N2O5. The Morgan fingerprint density at radius 3 is 2.44 bits per heavy atom. The van der Waals surface area contributed by atoms with Crippen LogP contribution in [0.3, 0.4) is 0 Å². The van der Waals surface area contributed by atoms with Gasteiger partial charge in [-0.15, -0.1) is 0 Å². The zero-order valence-electron chi connectivity index (χ0n) is 17.5. The number of hydrogen-bond acceptors (Lipinski definition) is 6. The molecule has 0 aliphatic carbocycles. The average molecular weight is 428 g/mol. The number of ether oxygens (including phenoxy) is 2. The Morgan fingerprint density at radius 1 is 0.969 bits per heavy atom. The second kappa shape index (κ2) is 7.53. The van der Waals surface area contributed by atoms with Crippen LogP contribution in [0.1, 0.15) is 21.5 Å². The van der Waals surface area contributed by atoms with E-state index in [0.29, 0.717) is 39.6 Å². The number of anilines is 1. The maximum absolute atomic E-state index is 13.6. The molecule has 2 aliphatic rings. The molecule has 1 N–H and O–H groups in total. The molecule has 0 fully saturated rings. The molecule has 3 aromatic rings. The second-order valence-corrected chi connectivity index (χ2v) is 7.53. The summed E-state index contributed by atoms with van der Waals surface area (Å²) in [6, 6.07) is 21.3. The van der Waals surface area contributed by atoms with E-state index in [1.807, 2.05) is 24.3 Å². The van der Waals surface area contributed by atoms with Crippen LogP contribution in [0.25, 0.3) is 0 Å². The molecule has 2 heterocycles. The molecular weight excluding hydrogens is 408 g/mol. The first-order valence-corrected chi connectivity index (χ1v) is 10.1. The molecule has 0 bridgehead atoms. The predicted molar refractivity (Wildman–Crippen MR) is 118 cm³/mol. The molecule has 0 aromatic heterocycles. The minimum absolute atomic E-state index is 0.323. The van der Waals surface area contributed by atoms with Gasteiger partial charge in [-0.3, -0.25) is 9.59 Å². The normalized spacial score (nSPS) is 20.9. The first-order chi connectivity index (χ1) is 15.6. The van der Waals surface area contributed by atoms with Crippen molar-refractivity contribution in [3.63, 3.8) is 0 Å². The molecule has 0 saturated carbocycles. The van der Waals surface area contributed by atoms with Crippen molar-refractivity contribution in [1.29, 1.82) is 0 Å². The first kappa shape index (κ1) is 19.8. The molecule has 7 nitrogen and oxygen atoms in total. The lowest BCUT2D eigenvalue weighted by Gasteiger charge is -2.27. The third-order valence-electron chi connectivity index (χ3n) is 5.93. The Kier molecular flexibility index (Phi) is 4.66. The zero-order valence-corrected chi connectivity index (χ0v) is 17.5. The van der Waals surface area contributed by atoms with Crippen LogP contribution in [0.15, 0.2) is 78.0 Å². The van der Waals surface area contributed by atoms with Crippen LogP contribution in [-0.4, -0.2) is 37.7 Å². The topological polar surface area (TPSA) is 86.2 Å². The molecule has 0 saturated heterocycles. The van der Waals surface area contributed by atoms with E-state index >= 15 is 0 Å². The maximum atomic E-state index is 13.6. The van der Waals surface area contributed by atoms with Crippen molar-refractivity contribution >= 4 is 23.1 Å². The molecule has 0 unspecified atom stereocenters. The van der Waals surface area contributed by atoms with Crippen LogP contribution in [0.2, 0.25) is 0 Å². The lowest BCUT2D eigenvalue weighted by molar-refractivity contribution is -0.120. The Bertz CT molecular complexity index is 1250. The van der Waals surface area contributed by atoms with E-state index in [0.717, 1.165) is 0 Å². The number of nitrogens with one attached hydrogen (secondary N) is 1. The fourth-order valence-corrected chi connectivity index (χ4v) is 4.42. The molecule has 1 amide bonds. The lowest BCUT2D eigenvalue weighted by Crippen LogP contribution is -2.52. The molecule has 2 aliphatic heterocycles. The first-order valence-electron chi connectivity index (χ1n) is 10.1. The summed E-state index contributed by atoms with van der Waals surface area (Å²) < 4.78 is 10.8. The Labute approximate surface area is 184 Å². The summed E-state index contributed by atoms with van der Waals surface area (Å²) in [5, 5.41) is 7.20. The highest BCUT2D eigenvalue weighted by atomic mass is 16.6. The number of oxime groups is 1. The van der Waals surface area contributed by atoms with Crippen molar-refractivity contribution in [3.8, 4) is 11.5 Å². The van der Waals surface area contributed by atoms with E-state index in [2.05, 4.69) is 10.5 Å². The van der Waals surface area contributed by atoms with Gasteiger partial charge in [0.1, 0.15) is 5.71 Å². The summed E-state index contributed by atoms with van der Waals surface area (Å²) in [4.78, 5) is 32.9. The number of Topliss-reactive ketones (excluding diaryl/α,β-unsaturated/α-hetero) is 1. The molecule has 0 radical (unpaired) electrons. The number of amides is 1. The number of benzene rings is 3. The van der Waals surface area contributed by atoms with E-state index in [1.54, 1.807) is 55.6 Å². The van der Waals surface area contributed by atoms with Gasteiger partial charge in [0, 0.05) is 22.4 Å². The van der Waals surface area contributed by atoms with Gasteiger partial charge in [-0.05, 0) is 24.3 Å². The summed E-state index contributed by atoms with van der Waals surface area (Å²) in [7, 11) is 3.08. The lowest BCUT2D eigenvalue weighted by atomic mass is 9.69. The van der Waals surface area contributed by atoms with Crippen LogP contribution < -0.4 is 14.8 Å². The van der Waals surface area contributed by atoms with Crippen molar-refractivity contribution in [1.82, 2.24) is 0 Å². The van der Waals surface area contributed by atoms with Gasteiger partial charge in [-0.25, -0.2) is 0 Å². The number of rotatable bonds is 5. The summed E-state index contributed by atoms with van der Waals surface area (Å²) in [6.07, 6.45) is -1.16. The standard InChI is InChI=1S/C25H20N2O5/c1-30-19-13-12-16(14-20(19)31-2)22-25(17-10-6-7-11-18(17)26-24(25)29)23(32-27-22)21(28)15-8-4-3-5-9-15/h3-14,23H,1-2H3,(H,26,29)/t23-,25+/m0/s1. The van der Waals surface area contributed by atoms with Gasteiger partial charge in [-0.2, -0.15) is 0 Å². The SMILES string of the molecule is COc1ccc(C2=NO[C@@H](C(=O)c3ccccc3)[C@]23C(=O)Nc2ccccc23)cc1OC. The zero-order chi connectivity index (χ0) is 22.3. The largest absolute Gasteiger partial charge is 0.493 e. The number of methoxy groups -OCH3 is 2. The minimum atomic E-state index is -1.44. The van der Waals surface area contributed by atoms with Gasteiger partial charge in [-0.1, -0.05) is 53.7 Å². The molecule has 7 heteroatoms. The number of fused-ring (bicyclic) bond motifs is 2. The van der Waals surface area contributed by atoms with Crippen LogP contribution in [0.5, 0.6) is 11.5 Å². The van der Waals surface area contributed by atoms with Crippen molar-refractivity contribution in [2.45, 2.75) is 11.5 Å². The van der Waals surface area contributed by atoms with Crippen molar-refractivity contribution < 1.29 is 23.9 Å². The average Bonchev–Trinajstić information content (AvgIpc) is 3.38.